The van der Waals surface area contributed by atoms with Gasteiger partial charge in [-0.05, 0) is 61.1 Å². The molecule has 4 nitrogen and oxygen atoms in total. The highest BCUT2D eigenvalue weighted by atomic mass is 35.5. The number of hydrogen-bond donors (Lipinski definition) is 2. The van der Waals surface area contributed by atoms with E-state index in [-0.39, 0.29) is 23.9 Å². The van der Waals surface area contributed by atoms with Gasteiger partial charge in [-0.3, -0.25) is 0 Å². The number of anilines is 1. The lowest BCUT2D eigenvalue weighted by atomic mass is 9.77. The Morgan fingerprint density at radius 3 is 2.76 bits per heavy atom. The molecule has 29 heavy (non-hydrogen) atoms. The Labute approximate surface area is 182 Å². The van der Waals surface area contributed by atoms with Gasteiger partial charge in [0.1, 0.15) is 0 Å². The van der Waals surface area contributed by atoms with Crippen LogP contribution in [0, 0.1) is 5.92 Å². The molecule has 4 atom stereocenters. The SMILES string of the molecule is CCC(C)NS(=O)(=O)c1ccc2c(c1)C1C=CCC1C(c1cccc(Cl)c1Cl)N2. The Kier molecular flexibility index (Phi) is 5.68. The molecule has 154 valence electrons. The van der Waals surface area contributed by atoms with Crippen LogP contribution in [0.25, 0.3) is 0 Å². The molecule has 2 N–H and O–H groups in total. The lowest BCUT2D eigenvalue weighted by Gasteiger charge is -2.38. The minimum Gasteiger partial charge on any atom is -0.378 e. The summed E-state index contributed by atoms with van der Waals surface area (Å²) < 4.78 is 28.3. The van der Waals surface area contributed by atoms with Gasteiger partial charge in [-0.2, -0.15) is 0 Å². The molecule has 0 saturated carbocycles. The molecular formula is C22H24Cl2N2O2S. The average molecular weight is 451 g/mol. The normalized spacial score (nSPS) is 23.9. The Balaban J connectivity index is 1.73. The van der Waals surface area contributed by atoms with Crippen molar-refractivity contribution < 1.29 is 8.42 Å². The molecule has 4 rings (SSSR count). The monoisotopic (exact) mass is 450 g/mol. The Morgan fingerprint density at radius 1 is 1.21 bits per heavy atom. The van der Waals surface area contributed by atoms with E-state index < -0.39 is 10.0 Å². The zero-order valence-corrected chi connectivity index (χ0v) is 18.7. The number of rotatable bonds is 5. The minimum atomic E-state index is -3.55. The van der Waals surface area contributed by atoms with Gasteiger partial charge in [-0.25, -0.2) is 13.1 Å². The van der Waals surface area contributed by atoms with Gasteiger partial charge in [0.05, 0.1) is 21.0 Å². The fraction of sp³-hybridized carbons (Fsp3) is 0.364. The van der Waals surface area contributed by atoms with E-state index in [2.05, 4.69) is 22.2 Å². The van der Waals surface area contributed by atoms with E-state index in [0.717, 1.165) is 29.7 Å². The molecule has 0 fully saturated rings. The minimum absolute atomic E-state index is 0.00870. The molecule has 0 spiro atoms. The molecule has 0 bridgehead atoms. The van der Waals surface area contributed by atoms with Gasteiger partial charge >= 0.3 is 0 Å². The number of allylic oxidation sites excluding steroid dienone is 2. The Hall–Kier alpha value is -1.53. The summed E-state index contributed by atoms with van der Waals surface area (Å²) in [4.78, 5) is 0.302. The van der Waals surface area contributed by atoms with Crippen LogP contribution in [0.1, 0.15) is 49.8 Å². The van der Waals surface area contributed by atoms with Crippen molar-refractivity contribution in [1.29, 1.82) is 0 Å². The molecule has 4 unspecified atom stereocenters. The van der Waals surface area contributed by atoms with Gasteiger partial charge in [0, 0.05) is 17.6 Å². The van der Waals surface area contributed by atoms with Crippen LogP contribution < -0.4 is 10.0 Å². The van der Waals surface area contributed by atoms with E-state index in [1.165, 1.54) is 0 Å². The Morgan fingerprint density at radius 2 is 2.00 bits per heavy atom. The number of benzene rings is 2. The van der Waals surface area contributed by atoms with Crippen LogP contribution in [0.4, 0.5) is 5.69 Å². The van der Waals surface area contributed by atoms with Crippen molar-refractivity contribution in [3.8, 4) is 0 Å². The molecule has 2 aliphatic rings. The van der Waals surface area contributed by atoms with E-state index in [4.69, 9.17) is 23.2 Å². The van der Waals surface area contributed by atoms with Crippen LogP contribution >= 0.6 is 23.2 Å². The third-order valence-electron chi connectivity index (χ3n) is 5.93. The van der Waals surface area contributed by atoms with Gasteiger partial charge in [0.15, 0.2) is 0 Å². The third-order valence-corrected chi connectivity index (χ3v) is 8.35. The maximum Gasteiger partial charge on any atom is 0.240 e. The molecule has 1 aliphatic carbocycles. The third kappa shape index (κ3) is 3.81. The van der Waals surface area contributed by atoms with Crippen molar-refractivity contribution in [3.63, 3.8) is 0 Å². The first kappa shape index (κ1) is 20.7. The highest BCUT2D eigenvalue weighted by molar-refractivity contribution is 7.89. The topological polar surface area (TPSA) is 58.2 Å². The van der Waals surface area contributed by atoms with E-state index >= 15 is 0 Å². The fourth-order valence-electron chi connectivity index (χ4n) is 4.22. The van der Waals surface area contributed by atoms with Crippen LogP contribution in [-0.4, -0.2) is 14.5 Å². The van der Waals surface area contributed by atoms with Crippen molar-refractivity contribution in [3.05, 3.63) is 69.7 Å². The first-order valence-electron chi connectivity index (χ1n) is 9.85. The predicted molar refractivity (Wildman–Crippen MR) is 119 cm³/mol. The van der Waals surface area contributed by atoms with Crippen molar-refractivity contribution in [2.75, 3.05) is 5.32 Å². The van der Waals surface area contributed by atoms with Gasteiger partial charge in [-0.1, -0.05) is 54.4 Å². The average Bonchev–Trinajstić information content (AvgIpc) is 3.19. The first-order valence-corrected chi connectivity index (χ1v) is 12.1. The van der Waals surface area contributed by atoms with Crippen molar-refractivity contribution >= 4 is 38.9 Å². The lowest BCUT2D eigenvalue weighted by molar-refractivity contribution is 0.425. The molecule has 0 aromatic heterocycles. The zero-order chi connectivity index (χ0) is 20.8. The van der Waals surface area contributed by atoms with Crippen LogP contribution in [0.2, 0.25) is 10.0 Å². The van der Waals surface area contributed by atoms with Crippen molar-refractivity contribution in [1.82, 2.24) is 4.72 Å². The summed E-state index contributed by atoms with van der Waals surface area (Å²) in [5, 5.41) is 4.69. The summed E-state index contributed by atoms with van der Waals surface area (Å²) in [7, 11) is -3.55. The summed E-state index contributed by atoms with van der Waals surface area (Å²) in [6.45, 7) is 3.82. The number of halogens is 2. The Bertz CT molecular complexity index is 1070. The highest BCUT2D eigenvalue weighted by Crippen LogP contribution is 2.51. The maximum atomic E-state index is 12.8. The molecule has 0 amide bonds. The molecule has 2 aromatic rings. The second-order valence-corrected chi connectivity index (χ2v) is 10.3. The van der Waals surface area contributed by atoms with E-state index in [9.17, 15) is 8.42 Å². The van der Waals surface area contributed by atoms with E-state index in [1.54, 1.807) is 18.2 Å². The molecule has 1 heterocycles. The van der Waals surface area contributed by atoms with Gasteiger partial charge in [0.2, 0.25) is 10.0 Å². The van der Waals surface area contributed by atoms with Crippen molar-refractivity contribution in [2.45, 2.75) is 49.6 Å². The largest absolute Gasteiger partial charge is 0.378 e. The summed E-state index contributed by atoms with van der Waals surface area (Å²) >= 11 is 12.8. The summed E-state index contributed by atoms with van der Waals surface area (Å²) in [6.07, 6.45) is 5.97. The van der Waals surface area contributed by atoms with Gasteiger partial charge in [0.25, 0.3) is 0 Å². The molecule has 1 aliphatic heterocycles. The molecule has 0 radical (unpaired) electrons. The molecule has 2 aromatic carbocycles. The zero-order valence-electron chi connectivity index (χ0n) is 16.3. The number of sulfonamides is 1. The molecule has 0 saturated heterocycles. The second kappa shape index (κ2) is 7.95. The van der Waals surface area contributed by atoms with Gasteiger partial charge < -0.3 is 5.32 Å². The first-order chi connectivity index (χ1) is 13.8. The predicted octanol–water partition coefficient (Wildman–Crippen LogP) is 5.90. The molecule has 7 heteroatoms. The van der Waals surface area contributed by atoms with Gasteiger partial charge in [-0.15, -0.1) is 0 Å². The van der Waals surface area contributed by atoms with Crippen LogP contribution in [0.15, 0.2) is 53.4 Å². The van der Waals surface area contributed by atoms with E-state index in [0.29, 0.717) is 14.9 Å². The number of hydrogen-bond acceptors (Lipinski definition) is 3. The molecular weight excluding hydrogens is 427 g/mol. The number of fused-ring (bicyclic) bond motifs is 3. The second-order valence-electron chi connectivity index (χ2n) is 7.80. The number of nitrogens with one attached hydrogen (secondary N) is 2. The van der Waals surface area contributed by atoms with E-state index in [1.807, 2.05) is 32.0 Å². The summed E-state index contributed by atoms with van der Waals surface area (Å²) in [5.41, 5.74) is 2.91. The maximum absolute atomic E-state index is 12.8. The smallest absolute Gasteiger partial charge is 0.240 e. The van der Waals surface area contributed by atoms with Crippen LogP contribution in [-0.2, 0) is 10.0 Å². The van der Waals surface area contributed by atoms with Crippen LogP contribution in [0.3, 0.4) is 0 Å². The summed E-state index contributed by atoms with van der Waals surface area (Å²) in [5.74, 6) is 0.379. The standard InChI is InChI=1S/C22H24Cl2N2O2S/c1-3-13(2)26-29(27,28)14-10-11-20-18(12-14)15-6-4-7-16(15)22(25-20)17-8-5-9-19(23)21(17)24/h4-6,8-13,15-16,22,25-26H,3,7H2,1-2H3. The van der Waals surface area contributed by atoms with Crippen LogP contribution in [0.5, 0.6) is 0 Å². The fourth-order valence-corrected chi connectivity index (χ4v) is 6.01. The summed E-state index contributed by atoms with van der Waals surface area (Å²) in [6, 6.07) is 10.9. The quantitative estimate of drug-likeness (QED) is 0.557. The highest BCUT2D eigenvalue weighted by Gasteiger charge is 2.39. The van der Waals surface area contributed by atoms with Crippen molar-refractivity contribution in [2.24, 2.45) is 5.92 Å². The lowest BCUT2D eigenvalue weighted by Crippen LogP contribution is -2.33.